The average Bonchev–Trinajstić information content (AvgIpc) is 2.71. The number of carbonyl (C=O) groups excluding carboxylic acids is 2. The number of ether oxygens (including phenoxy) is 2. The molecular formula is C25H48O5. The second-order valence-electron chi connectivity index (χ2n) is 8.95. The Morgan fingerprint density at radius 3 is 1.50 bits per heavy atom. The van der Waals surface area contributed by atoms with Crippen LogP contribution in [0.25, 0.3) is 0 Å². The topological polar surface area (TPSA) is 72.8 Å². The SMILES string of the molecule is CCCCCCCCCC(=O)OC[C@H](O)COC(=O)CCCCCCCCC(C)C. The van der Waals surface area contributed by atoms with Gasteiger partial charge in [0.2, 0.25) is 0 Å². The van der Waals surface area contributed by atoms with Crippen molar-refractivity contribution < 1.29 is 24.2 Å². The first-order chi connectivity index (χ1) is 14.5. The van der Waals surface area contributed by atoms with E-state index >= 15 is 0 Å². The first-order valence-corrected chi connectivity index (χ1v) is 12.4. The molecule has 0 saturated carbocycles. The lowest BCUT2D eigenvalue weighted by atomic mass is 10.0. The third kappa shape index (κ3) is 21.6. The van der Waals surface area contributed by atoms with E-state index in [0.29, 0.717) is 12.8 Å². The van der Waals surface area contributed by atoms with Crippen LogP contribution in [-0.2, 0) is 19.1 Å². The van der Waals surface area contributed by atoms with Crippen molar-refractivity contribution in [2.75, 3.05) is 13.2 Å². The van der Waals surface area contributed by atoms with E-state index < -0.39 is 6.10 Å². The van der Waals surface area contributed by atoms with Crippen molar-refractivity contribution in [3.63, 3.8) is 0 Å². The van der Waals surface area contributed by atoms with Gasteiger partial charge in [-0.2, -0.15) is 0 Å². The number of rotatable bonds is 21. The van der Waals surface area contributed by atoms with Crippen molar-refractivity contribution >= 4 is 11.9 Å². The Hall–Kier alpha value is -1.10. The van der Waals surface area contributed by atoms with Crippen molar-refractivity contribution in [1.82, 2.24) is 0 Å². The number of aliphatic hydroxyl groups excluding tert-OH is 1. The lowest BCUT2D eigenvalue weighted by molar-refractivity contribution is -0.152. The molecule has 0 rings (SSSR count). The van der Waals surface area contributed by atoms with Gasteiger partial charge in [0, 0.05) is 12.8 Å². The molecule has 0 amide bonds. The molecule has 0 bridgehead atoms. The summed E-state index contributed by atoms with van der Waals surface area (Å²) in [4.78, 5) is 23.4. The molecule has 0 fully saturated rings. The van der Waals surface area contributed by atoms with Gasteiger partial charge >= 0.3 is 11.9 Å². The molecule has 0 spiro atoms. The number of unbranched alkanes of at least 4 members (excludes halogenated alkanes) is 11. The van der Waals surface area contributed by atoms with Gasteiger partial charge in [-0.05, 0) is 18.8 Å². The summed E-state index contributed by atoms with van der Waals surface area (Å²) in [5.41, 5.74) is 0. The van der Waals surface area contributed by atoms with Crippen LogP contribution in [-0.4, -0.2) is 36.4 Å². The summed E-state index contributed by atoms with van der Waals surface area (Å²) >= 11 is 0. The summed E-state index contributed by atoms with van der Waals surface area (Å²) in [6, 6.07) is 0. The summed E-state index contributed by atoms with van der Waals surface area (Å²) < 4.78 is 10.1. The number of hydrogen-bond donors (Lipinski definition) is 1. The van der Waals surface area contributed by atoms with Gasteiger partial charge in [-0.15, -0.1) is 0 Å². The first-order valence-electron chi connectivity index (χ1n) is 12.4. The lowest BCUT2D eigenvalue weighted by Crippen LogP contribution is -2.25. The van der Waals surface area contributed by atoms with Crippen molar-refractivity contribution in [3.8, 4) is 0 Å². The first kappa shape index (κ1) is 28.9. The summed E-state index contributed by atoms with van der Waals surface area (Å²) in [5, 5.41) is 9.82. The highest BCUT2D eigenvalue weighted by Crippen LogP contribution is 2.12. The van der Waals surface area contributed by atoms with Gasteiger partial charge in [-0.25, -0.2) is 0 Å². The smallest absolute Gasteiger partial charge is 0.305 e. The zero-order chi connectivity index (χ0) is 22.5. The number of hydrogen-bond acceptors (Lipinski definition) is 5. The molecule has 30 heavy (non-hydrogen) atoms. The van der Waals surface area contributed by atoms with Gasteiger partial charge in [0.15, 0.2) is 0 Å². The van der Waals surface area contributed by atoms with Gasteiger partial charge < -0.3 is 14.6 Å². The third-order valence-corrected chi connectivity index (χ3v) is 5.27. The predicted molar refractivity (Wildman–Crippen MR) is 122 cm³/mol. The highest BCUT2D eigenvalue weighted by atomic mass is 16.6. The van der Waals surface area contributed by atoms with Crippen molar-refractivity contribution in [2.45, 2.75) is 130 Å². The van der Waals surface area contributed by atoms with Crippen LogP contribution in [0.2, 0.25) is 0 Å². The van der Waals surface area contributed by atoms with Gasteiger partial charge in [0.25, 0.3) is 0 Å². The Bertz CT molecular complexity index is 408. The van der Waals surface area contributed by atoms with Crippen LogP contribution in [0, 0.1) is 5.92 Å². The maximum Gasteiger partial charge on any atom is 0.305 e. The van der Waals surface area contributed by atoms with Crippen LogP contribution < -0.4 is 0 Å². The Balaban J connectivity index is 3.48. The standard InChI is InChI=1S/C25H48O5/c1-4-5-6-7-8-12-15-18-24(27)29-20-23(26)21-30-25(28)19-16-13-10-9-11-14-17-22(2)3/h22-23,26H,4-21H2,1-3H3/t23-/m0/s1. The Morgan fingerprint density at radius 1 is 0.667 bits per heavy atom. The summed E-state index contributed by atoms with van der Waals surface area (Å²) in [6.45, 7) is 6.48. The Morgan fingerprint density at radius 2 is 1.07 bits per heavy atom. The molecule has 0 saturated heterocycles. The van der Waals surface area contributed by atoms with Crippen molar-refractivity contribution in [1.29, 1.82) is 0 Å². The number of aliphatic hydroxyl groups is 1. The minimum atomic E-state index is -0.951. The largest absolute Gasteiger partial charge is 0.463 e. The van der Waals surface area contributed by atoms with Crippen LogP contribution in [0.15, 0.2) is 0 Å². The quantitative estimate of drug-likeness (QED) is 0.170. The van der Waals surface area contributed by atoms with Crippen LogP contribution in [0.5, 0.6) is 0 Å². The molecule has 5 heteroatoms. The minimum absolute atomic E-state index is 0.112. The molecule has 1 atom stereocenters. The zero-order valence-corrected chi connectivity index (χ0v) is 20.0. The zero-order valence-electron chi connectivity index (χ0n) is 20.0. The van der Waals surface area contributed by atoms with E-state index in [2.05, 4.69) is 20.8 Å². The molecule has 0 aromatic heterocycles. The molecule has 5 nitrogen and oxygen atoms in total. The average molecular weight is 429 g/mol. The highest BCUT2D eigenvalue weighted by molar-refractivity contribution is 5.69. The third-order valence-electron chi connectivity index (χ3n) is 5.27. The van der Waals surface area contributed by atoms with E-state index in [9.17, 15) is 14.7 Å². The maximum atomic E-state index is 11.7. The Kier molecular flexibility index (Phi) is 20.4. The lowest BCUT2D eigenvalue weighted by Gasteiger charge is -2.12. The molecule has 0 heterocycles. The van der Waals surface area contributed by atoms with Crippen LogP contribution in [0.4, 0.5) is 0 Å². The van der Waals surface area contributed by atoms with Crippen LogP contribution in [0.1, 0.15) is 124 Å². The molecule has 0 aromatic carbocycles. The molecule has 0 unspecified atom stereocenters. The second-order valence-corrected chi connectivity index (χ2v) is 8.95. The van der Waals surface area contributed by atoms with E-state index in [0.717, 1.165) is 44.4 Å². The van der Waals surface area contributed by atoms with Gasteiger partial charge in [-0.1, -0.05) is 97.8 Å². The van der Waals surface area contributed by atoms with E-state index in [1.165, 1.54) is 51.4 Å². The summed E-state index contributed by atoms with van der Waals surface area (Å²) in [5.74, 6) is 0.203. The molecule has 0 aromatic rings. The molecule has 0 aliphatic rings. The highest BCUT2D eigenvalue weighted by Gasteiger charge is 2.12. The molecule has 0 radical (unpaired) electrons. The molecule has 0 aliphatic carbocycles. The van der Waals surface area contributed by atoms with Crippen molar-refractivity contribution in [2.24, 2.45) is 5.92 Å². The van der Waals surface area contributed by atoms with Gasteiger partial charge in [0.05, 0.1) is 0 Å². The van der Waals surface area contributed by atoms with E-state index in [1.54, 1.807) is 0 Å². The fourth-order valence-electron chi connectivity index (χ4n) is 3.33. The Labute approximate surface area is 185 Å². The van der Waals surface area contributed by atoms with Crippen LogP contribution in [0.3, 0.4) is 0 Å². The van der Waals surface area contributed by atoms with E-state index in [1.807, 2.05) is 0 Å². The number of carbonyl (C=O) groups is 2. The van der Waals surface area contributed by atoms with E-state index in [-0.39, 0.29) is 25.2 Å². The summed E-state index contributed by atoms with van der Waals surface area (Å²) in [6.07, 6.45) is 16.0. The second kappa shape index (κ2) is 21.1. The monoisotopic (exact) mass is 428 g/mol. The van der Waals surface area contributed by atoms with Gasteiger partial charge in [0.1, 0.15) is 19.3 Å². The maximum absolute atomic E-state index is 11.7. The van der Waals surface area contributed by atoms with E-state index in [4.69, 9.17) is 9.47 Å². The number of esters is 2. The molecule has 178 valence electrons. The predicted octanol–water partition coefficient (Wildman–Crippen LogP) is 6.35. The molecule has 1 N–H and O–H groups in total. The summed E-state index contributed by atoms with van der Waals surface area (Å²) in [7, 11) is 0. The minimum Gasteiger partial charge on any atom is -0.463 e. The van der Waals surface area contributed by atoms with Gasteiger partial charge in [-0.3, -0.25) is 9.59 Å². The fraction of sp³-hybridized carbons (Fsp3) is 0.920. The normalized spacial score (nSPS) is 12.2. The van der Waals surface area contributed by atoms with Crippen molar-refractivity contribution in [3.05, 3.63) is 0 Å². The fourth-order valence-corrected chi connectivity index (χ4v) is 3.33. The molecular weight excluding hydrogens is 380 g/mol. The molecule has 0 aliphatic heterocycles. The van der Waals surface area contributed by atoms with Crippen LogP contribution >= 0.6 is 0 Å².